The third kappa shape index (κ3) is 5.12. The fraction of sp³-hybridized carbons (Fsp3) is 0.360. The minimum absolute atomic E-state index is 0.0874. The summed E-state index contributed by atoms with van der Waals surface area (Å²) in [7, 11) is 2.98. The van der Waals surface area contributed by atoms with Gasteiger partial charge in [0, 0.05) is 30.8 Å². The van der Waals surface area contributed by atoms with Gasteiger partial charge >= 0.3 is 0 Å². The molecule has 0 spiro atoms. The lowest BCUT2D eigenvalue weighted by Crippen LogP contribution is -2.38. The highest BCUT2D eigenvalue weighted by Gasteiger charge is 2.46. The lowest BCUT2D eigenvalue weighted by atomic mass is 9.95. The van der Waals surface area contributed by atoms with Gasteiger partial charge in [0.05, 0.1) is 30.8 Å². The number of likely N-dealkylation sites (N-methyl/N-ethyl adjacent to an activating group) is 1. The molecule has 0 aromatic heterocycles. The highest BCUT2D eigenvalue weighted by Crippen LogP contribution is 2.42. The molecule has 1 aliphatic rings. The molecule has 10 heteroatoms. The Balaban J connectivity index is 2.14. The van der Waals surface area contributed by atoms with E-state index in [1.807, 2.05) is 13.8 Å². The Morgan fingerprint density at radius 1 is 1.06 bits per heavy atom. The zero-order chi connectivity index (χ0) is 25.7. The number of nitro groups is 1. The third-order valence-corrected chi connectivity index (χ3v) is 6.17. The molecule has 2 aromatic carbocycles. The monoisotopic (exact) mass is 483 g/mol. The first kappa shape index (κ1) is 25.7. The highest BCUT2D eigenvalue weighted by atomic mass is 16.6. The van der Waals surface area contributed by atoms with Crippen molar-refractivity contribution in [1.82, 2.24) is 9.80 Å². The molecule has 186 valence electrons. The van der Waals surface area contributed by atoms with Crippen molar-refractivity contribution in [2.24, 2.45) is 0 Å². The Kier molecular flexibility index (Phi) is 8.08. The molecule has 35 heavy (non-hydrogen) atoms. The number of nitro benzene ring substituents is 1. The van der Waals surface area contributed by atoms with Crippen molar-refractivity contribution in [3.8, 4) is 11.5 Å². The quantitative estimate of drug-likeness (QED) is 0.179. The van der Waals surface area contributed by atoms with Crippen molar-refractivity contribution >= 4 is 23.1 Å². The van der Waals surface area contributed by atoms with Gasteiger partial charge in [-0.3, -0.25) is 19.7 Å². The third-order valence-electron chi connectivity index (χ3n) is 6.17. The van der Waals surface area contributed by atoms with Crippen LogP contribution in [0.4, 0.5) is 5.69 Å². The molecule has 3 rings (SSSR count). The maximum atomic E-state index is 13.2. The number of ether oxygens (including phenoxy) is 2. The summed E-state index contributed by atoms with van der Waals surface area (Å²) in [6.45, 7) is 6.40. The lowest BCUT2D eigenvalue weighted by Gasteiger charge is -2.28. The van der Waals surface area contributed by atoms with Crippen molar-refractivity contribution < 1.29 is 29.1 Å². The number of aliphatic hydroxyl groups is 1. The van der Waals surface area contributed by atoms with Crippen LogP contribution in [0, 0.1) is 10.1 Å². The molecule has 2 aromatic rings. The zero-order valence-electron chi connectivity index (χ0n) is 20.2. The summed E-state index contributed by atoms with van der Waals surface area (Å²) in [5.41, 5.74) is 0.515. The summed E-state index contributed by atoms with van der Waals surface area (Å²) in [6, 6.07) is 9.35. The Hall–Kier alpha value is -3.92. The van der Waals surface area contributed by atoms with Crippen LogP contribution in [0.5, 0.6) is 11.5 Å². The molecule has 1 fully saturated rings. The van der Waals surface area contributed by atoms with E-state index >= 15 is 0 Å². The SMILES string of the molecule is CCN(CC)CCN1C(=O)C(=O)C(=C(O)c2ccc([N+](=O)[O-])cc2)[C@@H]1c1ccc(OC)c(OC)c1. The molecular weight excluding hydrogens is 454 g/mol. The van der Waals surface area contributed by atoms with E-state index in [2.05, 4.69) is 4.90 Å². The smallest absolute Gasteiger partial charge is 0.295 e. The van der Waals surface area contributed by atoms with Crippen LogP contribution >= 0.6 is 0 Å². The molecule has 0 aliphatic carbocycles. The minimum atomic E-state index is -0.874. The number of non-ortho nitro benzene ring substituents is 1. The molecule has 0 bridgehead atoms. The van der Waals surface area contributed by atoms with Gasteiger partial charge in [0.15, 0.2) is 11.5 Å². The number of methoxy groups -OCH3 is 2. The fourth-order valence-corrected chi connectivity index (χ4v) is 4.17. The van der Waals surface area contributed by atoms with Crippen LogP contribution in [-0.2, 0) is 9.59 Å². The van der Waals surface area contributed by atoms with Crippen LogP contribution in [0.25, 0.3) is 5.76 Å². The van der Waals surface area contributed by atoms with Crippen LogP contribution in [-0.4, -0.2) is 71.9 Å². The van der Waals surface area contributed by atoms with E-state index in [1.54, 1.807) is 18.2 Å². The number of likely N-dealkylation sites (tertiary alicyclic amines) is 1. The van der Waals surface area contributed by atoms with E-state index in [1.165, 1.54) is 43.4 Å². The number of aliphatic hydroxyl groups excluding tert-OH is 1. The summed E-state index contributed by atoms with van der Waals surface area (Å²) in [5, 5.41) is 22.1. The van der Waals surface area contributed by atoms with Crippen LogP contribution < -0.4 is 9.47 Å². The number of hydrogen-bond acceptors (Lipinski definition) is 8. The van der Waals surface area contributed by atoms with E-state index in [0.717, 1.165) is 13.1 Å². The summed E-state index contributed by atoms with van der Waals surface area (Å²) >= 11 is 0. The largest absolute Gasteiger partial charge is 0.507 e. The average Bonchev–Trinajstić information content (AvgIpc) is 3.13. The first-order chi connectivity index (χ1) is 16.8. The van der Waals surface area contributed by atoms with E-state index in [9.17, 15) is 24.8 Å². The molecule has 0 unspecified atom stereocenters. The van der Waals surface area contributed by atoms with Gasteiger partial charge in [0.25, 0.3) is 17.4 Å². The van der Waals surface area contributed by atoms with Gasteiger partial charge in [0.1, 0.15) is 5.76 Å². The standard InChI is InChI=1S/C25H29N3O7/c1-5-26(6-2)13-14-27-22(17-9-12-19(34-3)20(15-17)35-4)21(24(30)25(27)31)23(29)16-7-10-18(11-8-16)28(32)33/h7-12,15,22,29H,5-6,13-14H2,1-4H3/t22-/m0/s1. The minimum Gasteiger partial charge on any atom is -0.507 e. The Morgan fingerprint density at radius 3 is 2.23 bits per heavy atom. The first-order valence-electron chi connectivity index (χ1n) is 11.2. The zero-order valence-corrected chi connectivity index (χ0v) is 20.2. The number of Topliss-reactive ketones (excluding diaryl/α,β-unsaturated/α-hetero) is 1. The average molecular weight is 484 g/mol. The normalized spacial score (nSPS) is 17.2. The molecule has 1 N–H and O–H groups in total. The second kappa shape index (κ2) is 11.0. The second-order valence-corrected chi connectivity index (χ2v) is 7.94. The van der Waals surface area contributed by atoms with Gasteiger partial charge < -0.3 is 24.4 Å². The van der Waals surface area contributed by atoms with E-state index in [-0.39, 0.29) is 23.4 Å². The summed E-state index contributed by atoms with van der Waals surface area (Å²) in [4.78, 5) is 40.3. The maximum absolute atomic E-state index is 13.2. The van der Waals surface area contributed by atoms with E-state index in [4.69, 9.17) is 9.47 Å². The molecule has 1 saturated heterocycles. The molecule has 0 radical (unpaired) electrons. The number of hydrogen-bond donors (Lipinski definition) is 1. The topological polar surface area (TPSA) is 122 Å². The van der Waals surface area contributed by atoms with Crippen molar-refractivity contribution in [2.45, 2.75) is 19.9 Å². The summed E-state index contributed by atoms with van der Waals surface area (Å²) in [6.07, 6.45) is 0. The number of nitrogens with zero attached hydrogens (tertiary/aromatic N) is 3. The predicted octanol–water partition coefficient (Wildman–Crippen LogP) is 3.38. The van der Waals surface area contributed by atoms with E-state index < -0.39 is 28.4 Å². The van der Waals surface area contributed by atoms with Gasteiger partial charge in [-0.05, 0) is 42.9 Å². The number of rotatable bonds is 10. The van der Waals surface area contributed by atoms with Crippen LogP contribution in [0.2, 0.25) is 0 Å². The summed E-state index contributed by atoms with van der Waals surface area (Å²) in [5.74, 6) is -1.05. The van der Waals surface area contributed by atoms with Gasteiger partial charge in [-0.2, -0.15) is 0 Å². The molecule has 1 aliphatic heterocycles. The van der Waals surface area contributed by atoms with Crippen molar-refractivity contribution in [3.05, 3.63) is 69.3 Å². The van der Waals surface area contributed by atoms with Gasteiger partial charge in [-0.25, -0.2) is 0 Å². The molecule has 0 saturated carbocycles. The fourth-order valence-electron chi connectivity index (χ4n) is 4.17. The van der Waals surface area contributed by atoms with Crippen LogP contribution in [0.3, 0.4) is 0 Å². The molecular formula is C25H29N3O7. The Bertz CT molecular complexity index is 1140. The number of carbonyl (C=O) groups excluding carboxylic acids is 2. The highest BCUT2D eigenvalue weighted by molar-refractivity contribution is 6.46. The van der Waals surface area contributed by atoms with Crippen molar-refractivity contribution in [2.75, 3.05) is 40.4 Å². The van der Waals surface area contributed by atoms with Gasteiger partial charge in [-0.1, -0.05) is 19.9 Å². The van der Waals surface area contributed by atoms with Crippen LogP contribution in [0.15, 0.2) is 48.0 Å². The van der Waals surface area contributed by atoms with E-state index in [0.29, 0.717) is 23.6 Å². The number of amides is 1. The molecule has 1 atom stereocenters. The first-order valence-corrected chi connectivity index (χ1v) is 11.2. The van der Waals surface area contributed by atoms with Crippen LogP contribution in [0.1, 0.15) is 31.0 Å². The Morgan fingerprint density at radius 2 is 1.69 bits per heavy atom. The Labute approximate surface area is 203 Å². The lowest BCUT2D eigenvalue weighted by molar-refractivity contribution is -0.384. The number of benzene rings is 2. The molecule has 1 amide bonds. The van der Waals surface area contributed by atoms with Gasteiger partial charge in [-0.15, -0.1) is 0 Å². The van der Waals surface area contributed by atoms with Crippen molar-refractivity contribution in [1.29, 1.82) is 0 Å². The number of ketones is 1. The van der Waals surface area contributed by atoms with Gasteiger partial charge in [0.2, 0.25) is 0 Å². The number of carbonyl (C=O) groups is 2. The second-order valence-electron chi connectivity index (χ2n) is 7.94. The molecule has 10 nitrogen and oxygen atoms in total. The van der Waals surface area contributed by atoms with Crippen molar-refractivity contribution in [3.63, 3.8) is 0 Å². The predicted molar refractivity (Wildman–Crippen MR) is 129 cm³/mol. The maximum Gasteiger partial charge on any atom is 0.295 e. The molecule has 1 heterocycles. The summed E-state index contributed by atoms with van der Waals surface area (Å²) < 4.78 is 10.7.